The number of hydrogen-bond acceptors (Lipinski definition) is 3. The van der Waals surface area contributed by atoms with Crippen LogP contribution in [0.3, 0.4) is 0 Å². The summed E-state index contributed by atoms with van der Waals surface area (Å²) in [6.07, 6.45) is -3.71. The van der Waals surface area contributed by atoms with E-state index in [0.29, 0.717) is 26.1 Å². The summed E-state index contributed by atoms with van der Waals surface area (Å²) in [5.74, 6) is -0.892. The maximum Gasteiger partial charge on any atom is 0.573 e. The van der Waals surface area contributed by atoms with E-state index in [4.69, 9.17) is 4.74 Å². The summed E-state index contributed by atoms with van der Waals surface area (Å²) in [6, 6.07) is 3.10. The molecule has 1 aliphatic rings. The van der Waals surface area contributed by atoms with Crippen molar-refractivity contribution in [3.05, 3.63) is 29.6 Å². The quantitative estimate of drug-likeness (QED) is 0.781. The minimum Gasteiger partial charge on any atom is -0.406 e. The molecule has 21 heavy (non-hydrogen) atoms. The van der Waals surface area contributed by atoms with Gasteiger partial charge in [-0.15, -0.1) is 13.2 Å². The molecule has 0 aliphatic carbocycles. The highest BCUT2D eigenvalue weighted by Crippen LogP contribution is 2.25. The van der Waals surface area contributed by atoms with Crippen molar-refractivity contribution in [1.82, 2.24) is 4.90 Å². The lowest BCUT2D eigenvalue weighted by atomic mass is 10.1. The van der Waals surface area contributed by atoms with Crippen LogP contribution < -0.4 is 4.74 Å². The van der Waals surface area contributed by atoms with Gasteiger partial charge in [0.25, 0.3) is 0 Å². The number of ether oxygens (including phenoxy) is 2. The second-order valence-corrected chi connectivity index (χ2v) is 4.86. The van der Waals surface area contributed by atoms with E-state index in [0.717, 1.165) is 37.8 Å². The Balaban J connectivity index is 1.87. The predicted octanol–water partition coefficient (Wildman–Crippen LogP) is 2.99. The summed E-state index contributed by atoms with van der Waals surface area (Å²) in [5, 5.41) is 0. The van der Waals surface area contributed by atoms with E-state index in [1.165, 1.54) is 0 Å². The molecule has 0 unspecified atom stereocenters. The molecule has 0 radical (unpaired) electrons. The van der Waals surface area contributed by atoms with Crippen molar-refractivity contribution in [3.8, 4) is 5.75 Å². The van der Waals surface area contributed by atoms with Crippen LogP contribution in [0.5, 0.6) is 5.75 Å². The summed E-state index contributed by atoms with van der Waals surface area (Å²) >= 11 is 0. The van der Waals surface area contributed by atoms with Gasteiger partial charge in [0.15, 0.2) is 0 Å². The molecule has 0 amide bonds. The number of hydrogen-bond donors (Lipinski definition) is 0. The van der Waals surface area contributed by atoms with Crippen molar-refractivity contribution in [1.29, 1.82) is 0 Å². The van der Waals surface area contributed by atoms with Gasteiger partial charge < -0.3 is 9.47 Å². The molecule has 7 heteroatoms. The molecule has 1 fully saturated rings. The van der Waals surface area contributed by atoms with E-state index < -0.39 is 12.2 Å². The van der Waals surface area contributed by atoms with Crippen molar-refractivity contribution >= 4 is 0 Å². The number of benzene rings is 1. The predicted molar refractivity (Wildman–Crippen MR) is 68.7 cm³/mol. The number of rotatable bonds is 5. The van der Waals surface area contributed by atoms with Gasteiger partial charge in [0.1, 0.15) is 11.6 Å². The molecule has 0 atom stereocenters. The Hall–Kier alpha value is -1.34. The van der Waals surface area contributed by atoms with Crippen LogP contribution in [0.2, 0.25) is 0 Å². The van der Waals surface area contributed by atoms with Crippen molar-refractivity contribution in [2.75, 3.05) is 32.8 Å². The van der Waals surface area contributed by atoms with Crippen LogP contribution in [-0.2, 0) is 11.2 Å². The van der Waals surface area contributed by atoms with Gasteiger partial charge in [0.05, 0.1) is 13.2 Å². The maximum absolute atomic E-state index is 13.6. The van der Waals surface area contributed by atoms with Crippen LogP contribution in [0.15, 0.2) is 18.2 Å². The fourth-order valence-corrected chi connectivity index (χ4v) is 2.26. The average molecular weight is 307 g/mol. The molecule has 1 aliphatic heterocycles. The van der Waals surface area contributed by atoms with Crippen LogP contribution in [0, 0.1) is 5.82 Å². The zero-order chi connectivity index (χ0) is 15.3. The Morgan fingerprint density at radius 3 is 2.57 bits per heavy atom. The van der Waals surface area contributed by atoms with E-state index in [1.807, 2.05) is 0 Å². The smallest absolute Gasteiger partial charge is 0.406 e. The van der Waals surface area contributed by atoms with Crippen molar-refractivity contribution in [2.45, 2.75) is 19.2 Å². The lowest BCUT2D eigenvalue weighted by molar-refractivity contribution is -0.274. The molecule has 0 spiro atoms. The Labute approximate surface area is 120 Å². The van der Waals surface area contributed by atoms with Gasteiger partial charge in [-0.1, -0.05) is 0 Å². The summed E-state index contributed by atoms with van der Waals surface area (Å²) in [5.41, 5.74) is 0.241. The average Bonchev–Trinajstić information content (AvgIpc) is 2.42. The molecule has 3 nitrogen and oxygen atoms in total. The first-order chi connectivity index (χ1) is 9.94. The van der Waals surface area contributed by atoms with E-state index >= 15 is 0 Å². The minimum atomic E-state index is -4.76. The van der Waals surface area contributed by atoms with Crippen LogP contribution in [0.4, 0.5) is 17.6 Å². The second-order valence-electron chi connectivity index (χ2n) is 4.86. The third kappa shape index (κ3) is 5.51. The molecule has 0 saturated carbocycles. The van der Waals surface area contributed by atoms with Gasteiger partial charge in [-0.2, -0.15) is 0 Å². The van der Waals surface area contributed by atoms with Crippen LogP contribution >= 0.6 is 0 Å². The standard InChI is InChI=1S/C14H17F4NO2/c15-13-4-3-12(21-14(16,17)18)10-11(13)2-1-5-19-6-8-20-9-7-19/h3-4,10H,1-2,5-9H2. The summed E-state index contributed by atoms with van der Waals surface area (Å²) in [4.78, 5) is 2.19. The highest BCUT2D eigenvalue weighted by molar-refractivity contribution is 5.30. The molecule has 0 N–H and O–H groups in total. The number of aryl methyl sites for hydroxylation is 1. The van der Waals surface area contributed by atoms with Crippen molar-refractivity contribution in [2.24, 2.45) is 0 Å². The van der Waals surface area contributed by atoms with Gasteiger partial charge in [0, 0.05) is 13.1 Å². The van der Waals surface area contributed by atoms with Gasteiger partial charge in [0.2, 0.25) is 0 Å². The highest BCUT2D eigenvalue weighted by Gasteiger charge is 2.31. The topological polar surface area (TPSA) is 21.7 Å². The van der Waals surface area contributed by atoms with E-state index in [2.05, 4.69) is 9.64 Å². The molecule has 0 bridgehead atoms. The van der Waals surface area contributed by atoms with Crippen molar-refractivity contribution in [3.63, 3.8) is 0 Å². The van der Waals surface area contributed by atoms with E-state index in [1.54, 1.807) is 0 Å². The monoisotopic (exact) mass is 307 g/mol. The molecule has 118 valence electrons. The molecule has 1 aromatic carbocycles. The molecule has 1 saturated heterocycles. The lowest BCUT2D eigenvalue weighted by Crippen LogP contribution is -2.36. The third-order valence-corrected chi connectivity index (χ3v) is 3.27. The van der Waals surface area contributed by atoms with Crippen LogP contribution in [0.25, 0.3) is 0 Å². The highest BCUT2D eigenvalue weighted by atomic mass is 19.4. The van der Waals surface area contributed by atoms with Crippen LogP contribution in [-0.4, -0.2) is 44.1 Å². The Morgan fingerprint density at radius 2 is 1.90 bits per heavy atom. The minimum absolute atomic E-state index is 0.241. The number of alkyl halides is 3. The fraction of sp³-hybridized carbons (Fsp3) is 0.571. The Bertz CT molecular complexity index is 459. The molecule has 2 rings (SSSR count). The Morgan fingerprint density at radius 1 is 1.19 bits per heavy atom. The molecule has 1 heterocycles. The molecule has 1 aromatic rings. The molecular weight excluding hydrogens is 290 g/mol. The summed E-state index contributed by atoms with van der Waals surface area (Å²) < 4.78 is 59.0. The largest absolute Gasteiger partial charge is 0.573 e. The van der Waals surface area contributed by atoms with Crippen molar-refractivity contribution < 1.29 is 27.0 Å². The lowest BCUT2D eigenvalue weighted by Gasteiger charge is -2.26. The van der Waals surface area contributed by atoms with Crippen LogP contribution in [0.1, 0.15) is 12.0 Å². The zero-order valence-corrected chi connectivity index (χ0v) is 11.5. The first kappa shape index (κ1) is 16.0. The summed E-state index contributed by atoms with van der Waals surface area (Å²) in [7, 11) is 0. The zero-order valence-electron chi connectivity index (χ0n) is 11.5. The molecular formula is C14H17F4NO2. The second kappa shape index (κ2) is 7.09. The fourth-order valence-electron chi connectivity index (χ4n) is 2.26. The number of halogens is 4. The third-order valence-electron chi connectivity index (χ3n) is 3.27. The maximum atomic E-state index is 13.6. The normalized spacial score (nSPS) is 17.0. The van der Waals surface area contributed by atoms with Gasteiger partial charge in [-0.25, -0.2) is 4.39 Å². The SMILES string of the molecule is Fc1ccc(OC(F)(F)F)cc1CCCN1CCOCC1. The van der Waals surface area contributed by atoms with Gasteiger partial charge in [-0.3, -0.25) is 4.90 Å². The van der Waals surface area contributed by atoms with E-state index in [9.17, 15) is 17.6 Å². The number of morpholine rings is 1. The summed E-state index contributed by atoms with van der Waals surface area (Å²) in [6.45, 7) is 3.80. The first-order valence-electron chi connectivity index (χ1n) is 6.78. The number of nitrogens with zero attached hydrogens (tertiary/aromatic N) is 1. The van der Waals surface area contributed by atoms with Gasteiger partial charge in [-0.05, 0) is 43.1 Å². The molecule has 0 aromatic heterocycles. The Kier molecular flexibility index (Phi) is 5.41. The van der Waals surface area contributed by atoms with E-state index in [-0.39, 0.29) is 11.3 Å². The van der Waals surface area contributed by atoms with Gasteiger partial charge >= 0.3 is 6.36 Å². The first-order valence-corrected chi connectivity index (χ1v) is 6.78.